The van der Waals surface area contributed by atoms with Gasteiger partial charge in [0.1, 0.15) is 12.8 Å². The summed E-state index contributed by atoms with van der Waals surface area (Å²) in [4.78, 5) is 9.69. The van der Waals surface area contributed by atoms with Gasteiger partial charge in [0.2, 0.25) is 0 Å². The van der Waals surface area contributed by atoms with Crippen molar-refractivity contribution < 1.29 is 27.4 Å². The lowest BCUT2D eigenvalue weighted by Crippen LogP contribution is -2.31. The largest absolute Gasteiger partial charge is 0.465 e. The third kappa shape index (κ3) is 7.18. The first-order valence-electron chi connectivity index (χ1n) is 4.66. The number of hydrogen-bond donors (Lipinski definition) is 0. The first-order valence-corrected chi connectivity index (χ1v) is 4.66. The molecule has 0 aromatic carbocycles. The van der Waals surface area contributed by atoms with Crippen LogP contribution in [0, 0.1) is 0 Å². The summed E-state index contributed by atoms with van der Waals surface area (Å²) >= 11 is 0. The molecule has 0 amide bonds. The van der Waals surface area contributed by atoms with Crippen LogP contribution >= 0.6 is 0 Å². The smallest absolute Gasteiger partial charge is 0.358 e. The lowest BCUT2D eigenvalue weighted by atomic mass is 10.2. The number of alkyl halides is 3. The highest BCUT2D eigenvalue weighted by atomic mass is 19.3. The topological polar surface area (TPSA) is 35.5 Å². The van der Waals surface area contributed by atoms with E-state index in [0.717, 1.165) is 0 Å². The molecule has 0 rings (SSSR count). The molecule has 0 N–H and O–H groups in total. The molecule has 0 heterocycles. The van der Waals surface area contributed by atoms with Crippen LogP contribution < -0.4 is 0 Å². The Morgan fingerprint density at radius 2 is 2.07 bits per heavy atom. The van der Waals surface area contributed by atoms with E-state index in [1.54, 1.807) is 6.92 Å². The second-order valence-electron chi connectivity index (χ2n) is 3.21. The molecule has 0 aromatic heterocycles. The standard InChI is InChI=1S/C9H15F3O3/c1-3-7(2)15-9(11,12)4-8(10)5-14-6-13/h6-8H,3-5H2,1-2H3. The molecule has 15 heavy (non-hydrogen) atoms. The van der Waals surface area contributed by atoms with Gasteiger partial charge in [-0.2, -0.15) is 8.78 Å². The Morgan fingerprint density at radius 3 is 2.53 bits per heavy atom. The van der Waals surface area contributed by atoms with E-state index in [4.69, 9.17) is 0 Å². The van der Waals surface area contributed by atoms with E-state index in [9.17, 15) is 18.0 Å². The van der Waals surface area contributed by atoms with Gasteiger partial charge < -0.3 is 9.47 Å². The third-order valence-electron chi connectivity index (χ3n) is 1.75. The average molecular weight is 228 g/mol. The molecule has 0 aromatic rings. The minimum Gasteiger partial charge on any atom is -0.465 e. The number of halogens is 3. The monoisotopic (exact) mass is 228 g/mol. The minimum atomic E-state index is -3.53. The van der Waals surface area contributed by atoms with Gasteiger partial charge in [-0.05, 0) is 13.3 Å². The van der Waals surface area contributed by atoms with E-state index in [0.29, 0.717) is 6.42 Å². The second-order valence-corrected chi connectivity index (χ2v) is 3.21. The summed E-state index contributed by atoms with van der Waals surface area (Å²) in [5.41, 5.74) is 0. The Labute approximate surface area is 86.5 Å². The van der Waals surface area contributed by atoms with Crippen LogP contribution in [0.3, 0.4) is 0 Å². The lowest BCUT2D eigenvalue weighted by Gasteiger charge is -2.22. The molecule has 6 heteroatoms. The van der Waals surface area contributed by atoms with Crippen molar-refractivity contribution in [1.29, 1.82) is 0 Å². The molecule has 0 aliphatic rings. The molecule has 0 saturated heterocycles. The molecule has 2 atom stereocenters. The van der Waals surface area contributed by atoms with Gasteiger partial charge in [0.15, 0.2) is 0 Å². The summed E-state index contributed by atoms with van der Waals surface area (Å²) in [6.45, 7) is 2.50. The predicted octanol–water partition coefficient (Wildman–Crippen LogP) is 2.30. The Balaban J connectivity index is 3.94. The summed E-state index contributed by atoms with van der Waals surface area (Å²) in [7, 11) is 0. The zero-order chi connectivity index (χ0) is 11.9. The molecule has 0 bridgehead atoms. The van der Waals surface area contributed by atoms with E-state index in [-0.39, 0.29) is 6.47 Å². The zero-order valence-corrected chi connectivity index (χ0v) is 8.71. The predicted molar refractivity (Wildman–Crippen MR) is 47.3 cm³/mol. The molecule has 0 aliphatic carbocycles. The lowest BCUT2D eigenvalue weighted by molar-refractivity contribution is -0.270. The van der Waals surface area contributed by atoms with E-state index >= 15 is 0 Å². The van der Waals surface area contributed by atoms with Crippen molar-refractivity contribution in [3.8, 4) is 0 Å². The molecule has 3 nitrogen and oxygen atoms in total. The summed E-state index contributed by atoms with van der Waals surface area (Å²) in [5.74, 6) is 0. The van der Waals surface area contributed by atoms with Gasteiger partial charge in [-0.1, -0.05) is 6.92 Å². The summed E-state index contributed by atoms with van der Waals surface area (Å²) in [5, 5.41) is 0. The van der Waals surface area contributed by atoms with E-state index in [2.05, 4.69) is 9.47 Å². The van der Waals surface area contributed by atoms with Gasteiger partial charge in [-0.3, -0.25) is 4.79 Å². The van der Waals surface area contributed by atoms with Crippen LogP contribution in [0.5, 0.6) is 0 Å². The van der Waals surface area contributed by atoms with Gasteiger partial charge in [0, 0.05) is 0 Å². The number of hydrogen-bond acceptors (Lipinski definition) is 3. The first kappa shape index (κ1) is 14.2. The first-order chi connectivity index (χ1) is 6.91. The highest BCUT2D eigenvalue weighted by molar-refractivity contribution is 5.36. The van der Waals surface area contributed by atoms with Gasteiger partial charge >= 0.3 is 6.11 Å². The van der Waals surface area contributed by atoms with Gasteiger partial charge in [-0.15, -0.1) is 0 Å². The maximum absolute atomic E-state index is 12.9. The number of carbonyl (C=O) groups excluding carboxylic acids is 1. The number of carbonyl (C=O) groups is 1. The van der Waals surface area contributed by atoms with E-state index in [1.165, 1.54) is 6.92 Å². The van der Waals surface area contributed by atoms with Crippen molar-refractivity contribution in [3.63, 3.8) is 0 Å². The highest BCUT2D eigenvalue weighted by Gasteiger charge is 2.35. The van der Waals surface area contributed by atoms with Crippen molar-refractivity contribution in [2.24, 2.45) is 0 Å². The van der Waals surface area contributed by atoms with Gasteiger partial charge in [0.25, 0.3) is 6.47 Å². The van der Waals surface area contributed by atoms with Crippen LogP contribution in [0.25, 0.3) is 0 Å². The summed E-state index contributed by atoms with van der Waals surface area (Å²) in [6.07, 6.45) is -6.78. The Hall–Kier alpha value is -0.780. The maximum Gasteiger partial charge on any atom is 0.358 e. The normalized spacial score (nSPS) is 15.8. The summed E-state index contributed by atoms with van der Waals surface area (Å²) < 4.78 is 47.0. The van der Waals surface area contributed by atoms with Crippen LogP contribution in [0.1, 0.15) is 26.7 Å². The second kappa shape index (κ2) is 6.66. The SMILES string of the molecule is CCC(C)OC(F)(F)CC(F)COC=O. The quantitative estimate of drug-likeness (QED) is 0.598. The molecule has 0 aliphatic heterocycles. The third-order valence-corrected chi connectivity index (χ3v) is 1.75. The van der Waals surface area contributed by atoms with Crippen LogP contribution in [0.15, 0.2) is 0 Å². The van der Waals surface area contributed by atoms with Crippen molar-refractivity contribution in [3.05, 3.63) is 0 Å². The average Bonchev–Trinajstić information content (AvgIpc) is 2.12. The molecule has 2 unspecified atom stereocenters. The molecule has 0 saturated carbocycles. The Kier molecular flexibility index (Phi) is 6.31. The van der Waals surface area contributed by atoms with Crippen molar-refractivity contribution in [1.82, 2.24) is 0 Å². The van der Waals surface area contributed by atoms with Crippen LogP contribution in [0.2, 0.25) is 0 Å². The molecular formula is C9H15F3O3. The molecule has 90 valence electrons. The fraction of sp³-hybridized carbons (Fsp3) is 0.889. The summed E-state index contributed by atoms with van der Waals surface area (Å²) in [6, 6.07) is 0. The van der Waals surface area contributed by atoms with Crippen molar-refractivity contribution in [2.75, 3.05) is 6.61 Å². The van der Waals surface area contributed by atoms with Gasteiger partial charge in [0.05, 0.1) is 12.5 Å². The van der Waals surface area contributed by atoms with Crippen molar-refractivity contribution >= 4 is 6.47 Å². The highest BCUT2D eigenvalue weighted by Crippen LogP contribution is 2.25. The molecule has 0 fully saturated rings. The number of rotatable bonds is 8. The minimum absolute atomic E-state index is 0.0141. The van der Waals surface area contributed by atoms with Gasteiger partial charge in [-0.25, -0.2) is 4.39 Å². The van der Waals surface area contributed by atoms with E-state index < -0.39 is 31.4 Å². The maximum atomic E-state index is 12.9. The van der Waals surface area contributed by atoms with E-state index in [1.807, 2.05) is 0 Å². The molecular weight excluding hydrogens is 213 g/mol. The van der Waals surface area contributed by atoms with Crippen molar-refractivity contribution in [2.45, 2.75) is 45.1 Å². The number of ether oxygens (including phenoxy) is 2. The van der Waals surface area contributed by atoms with Crippen LogP contribution in [-0.4, -0.2) is 31.5 Å². The Morgan fingerprint density at radius 1 is 1.47 bits per heavy atom. The molecule has 0 spiro atoms. The van der Waals surface area contributed by atoms with Crippen LogP contribution in [0.4, 0.5) is 13.2 Å². The molecule has 0 radical (unpaired) electrons. The fourth-order valence-electron chi connectivity index (χ4n) is 0.886. The Bertz CT molecular complexity index is 187. The zero-order valence-electron chi connectivity index (χ0n) is 8.71. The fourth-order valence-corrected chi connectivity index (χ4v) is 0.886. The van der Waals surface area contributed by atoms with Crippen LogP contribution in [-0.2, 0) is 14.3 Å².